The van der Waals surface area contributed by atoms with Gasteiger partial charge < -0.3 is 9.64 Å². The summed E-state index contributed by atoms with van der Waals surface area (Å²) in [6.07, 6.45) is 2.12. The third-order valence-corrected chi connectivity index (χ3v) is 4.50. The van der Waals surface area contributed by atoms with Gasteiger partial charge in [-0.2, -0.15) is 0 Å². The maximum absolute atomic E-state index is 12.4. The van der Waals surface area contributed by atoms with Crippen molar-refractivity contribution in [1.29, 1.82) is 0 Å². The highest BCUT2D eigenvalue weighted by molar-refractivity contribution is 5.69. The van der Waals surface area contributed by atoms with E-state index in [9.17, 15) is 4.79 Å². The summed E-state index contributed by atoms with van der Waals surface area (Å²) in [6.45, 7) is 8.51. The van der Waals surface area contributed by atoms with Gasteiger partial charge in [-0.05, 0) is 39.2 Å². The van der Waals surface area contributed by atoms with Crippen molar-refractivity contribution in [1.82, 2.24) is 9.80 Å². The molecule has 2 atom stereocenters. The van der Waals surface area contributed by atoms with Gasteiger partial charge >= 0.3 is 6.09 Å². The highest BCUT2D eigenvalue weighted by atomic mass is 16.6. The summed E-state index contributed by atoms with van der Waals surface area (Å²) in [5.41, 5.74) is 0.927. The lowest BCUT2D eigenvalue weighted by Gasteiger charge is -2.51. The molecule has 4 nitrogen and oxygen atoms in total. The van der Waals surface area contributed by atoms with Crippen molar-refractivity contribution >= 4 is 6.09 Å². The Labute approximate surface area is 133 Å². The van der Waals surface area contributed by atoms with Gasteiger partial charge in [-0.15, -0.1) is 0 Å². The van der Waals surface area contributed by atoms with Gasteiger partial charge in [0, 0.05) is 31.7 Å². The summed E-state index contributed by atoms with van der Waals surface area (Å²) in [5, 5.41) is 0. The molecule has 3 heterocycles. The molecule has 3 fully saturated rings. The highest BCUT2D eigenvalue weighted by Crippen LogP contribution is 2.31. The van der Waals surface area contributed by atoms with Crippen LogP contribution in [0.15, 0.2) is 30.3 Å². The number of fused-ring (bicyclic) bond motifs is 3. The Morgan fingerprint density at radius 1 is 1.14 bits per heavy atom. The van der Waals surface area contributed by atoms with Crippen LogP contribution in [0.2, 0.25) is 0 Å². The molecule has 1 aromatic rings. The van der Waals surface area contributed by atoms with Gasteiger partial charge in [-0.3, -0.25) is 4.90 Å². The third-order valence-electron chi connectivity index (χ3n) is 4.50. The fourth-order valence-corrected chi connectivity index (χ4v) is 3.47. The van der Waals surface area contributed by atoms with Crippen molar-refractivity contribution in [3.05, 3.63) is 35.9 Å². The van der Waals surface area contributed by atoms with Crippen LogP contribution in [0.1, 0.15) is 39.2 Å². The molecule has 1 aromatic carbocycles. The molecule has 0 aliphatic carbocycles. The van der Waals surface area contributed by atoms with Crippen LogP contribution in [0.4, 0.5) is 4.79 Å². The number of piperazine rings is 1. The maximum Gasteiger partial charge on any atom is 0.410 e. The quantitative estimate of drug-likeness (QED) is 0.840. The molecule has 0 spiro atoms. The third kappa shape index (κ3) is 3.43. The van der Waals surface area contributed by atoms with Crippen molar-refractivity contribution in [2.45, 2.75) is 57.8 Å². The van der Waals surface area contributed by atoms with E-state index in [4.69, 9.17) is 4.74 Å². The van der Waals surface area contributed by atoms with Crippen LogP contribution < -0.4 is 0 Å². The number of hydrogen-bond donors (Lipinski definition) is 0. The second-order valence-corrected chi connectivity index (χ2v) is 7.43. The Morgan fingerprint density at radius 3 is 2.41 bits per heavy atom. The van der Waals surface area contributed by atoms with E-state index in [-0.39, 0.29) is 6.09 Å². The Balaban J connectivity index is 1.63. The molecule has 4 heteroatoms. The lowest BCUT2D eigenvalue weighted by atomic mass is 9.90. The smallest absolute Gasteiger partial charge is 0.410 e. The van der Waals surface area contributed by atoms with Gasteiger partial charge in [0.1, 0.15) is 5.60 Å². The fourth-order valence-electron chi connectivity index (χ4n) is 3.47. The number of amides is 1. The van der Waals surface area contributed by atoms with Crippen LogP contribution >= 0.6 is 0 Å². The number of hydrogen-bond acceptors (Lipinski definition) is 3. The first-order valence-electron chi connectivity index (χ1n) is 8.20. The van der Waals surface area contributed by atoms with Crippen molar-refractivity contribution in [3.63, 3.8) is 0 Å². The molecule has 0 radical (unpaired) electrons. The van der Waals surface area contributed by atoms with Gasteiger partial charge in [0.15, 0.2) is 0 Å². The molecule has 0 N–H and O–H groups in total. The molecular formula is C18H26N2O2. The predicted octanol–water partition coefficient (Wildman–Crippen LogP) is 3.27. The minimum absolute atomic E-state index is 0.151. The van der Waals surface area contributed by atoms with Gasteiger partial charge in [-0.1, -0.05) is 30.3 Å². The topological polar surface area (TPSA) is 32.8 Å². The molecule has 3 aliphatic heterocycles. The van der Waals surface area contributed by atoms with E-state index in [2.05, 4.69) is 35.2 Å². The number of rotatable bonds is 2. The second-order valence-electron chi connectivity index (χ2n) is 7.43. The van der Waals surface area contributed by atoms with Crippen LogP contribution in [0.25, 0.3) is 0 Å². The molecule has 4 rings (SSSR count). The van der Waals surface area contributed by atoms with Crippen molar-refractivity contribution < 1.29 is 9.53 Å². The molecule has 0 aromatic heterocycles. The standard InChI is InChI=1S/C18H26N2O2/c1-18(2,3)22-17(21)20-13-15-9-10-16(20)12-19(15)11-14-7-5-4-6-8-14/h4-8,15-16H,9-13H2,1-3H3. The predicted molar refractivity (Wildman–Crippen MR) is 86.6 cm³/mol. The summed E-state index contributed by atoms with van der Waals surface area (Å²) in [4.78, 5) is 16.8. The van der Waals surface area contributed by atoms with Crippen molar-refractivity contribution in [3.8, 4) is 0 Å². The van der Waals surface area contributed by atoms with Crippen LogP contribution in [0, 0.1) is 0 Å². The molecular weight excluding hydrogens is 276 g/mol. The molecule has 22 heavy (non-hydrogen) atoms. The Kier molecular flexibility index (Phi) is 4.13. The minimum atomic E-state index is -0.419. The van der Waals surface area contributed by atoms with E-state index < -0.39 is 5.60 Å². The molecule has 3 saturated heterocycles. The minimum Gasteiger partial charge on any atom is -0.444 e. The zero-order valence-electron chi connectivity index (χ0n) is 13.8. The number of ether oxygens (including phenoxy) is 1. The zero-order valence-corrected chi connectivity index (χ0v) is 13.8. The van der Waals surface area contributed by atoms with Crippen molar-refractivity contribution in [2.75, 3.05) is 13.1 Å². The number of carbonyl (C=O) groups excluding carboxylic acids is 1. The van der Waals surface area contributed by atoms with Gasteiger partial charge in [0.05, 0.1) is 0 Å². The first kappa shape index (κ1) is 15.3. The molecule has 0 saturated carbocycles. The van der Waals surface area contributed by atoms with Gasteiger partial charge in [-0.25, -0.2) is 4.79 Å². The summed E-state index contributed by atoms with van der Waals surface area (Å²) in [5.74, 6) is 0. The van der Waals surface area contributed by atoms with Crippen LogP contribution in [-0.2, 0) is 11.3 Å². The summed E-state index contributed by atoms with van der Waals surface area (Å²) < 4.78 is 5.55. The monoisotopic (exact) mass is 302 g/mol. The zero-order chi connectivity index (χ0) is 15.7. The lowest BCUT2D eigenvalue weighted by Crippen LogP contribution is -2.63. The fraction of sp³-hybridized carbons (Fsp3) is 0.611. The lowest BCUT2D eigenvalue weighted by molar-refractivity contribution is -0.0436. The maximum atomic E-state index is 12.4. The number of piperidine rings is 2. The van der Waals surface area contributed by atoms with E-state index in [0.717, 1.165) is 26.1 Å². The van der Waals surface area contributed by atoms with Gasteiger partial charge in [0.25, 0.3) is 0 Å². The highest BCUT2D eigenvalue weighted by Gasteiger charge is 2.42. The first-order valence-corrected chi connectivity index (χ1v) is 8.20. The summed E-state index contributed by atoms with van der Waals surface area (Å²) in [7, 11) is 0. The van der Waals surface area contributed by atoms with E-state index in [1.54, 1.807) is 0 Å². The van der Waals surface area contributed by atoms with Crippen LogP contribution in [-0.4, -0.2) is 46.7 Å². The summed E-state index contributed by atoms with van der Waals surface area (Å²) >= 11 is 0. The largest absolute Gasteiger partial charge is 0.444 e. The van der Waals surface area contributed by atoms with Crippen LogP contribution in [0.3, 0.4) is 0 Å². The molecule has 2 unspecified atom stereocenters. The second kappa shape index (κ2) is 5.92. The van der Waals surface area contributed by atoms with E-state index in [1.165, 1.54) is 12.0 Å². The van der Waals surface area contributed by atoms with Crippen LogP contribution in [0.5, 0.6) is 0 Å². The normalized spacial score (nSPS) is 25.3. The average molecular weight is 302 g/mol. The Hall–Kier alpha value is -1.55. The molecule has 2 bridgehead atoms. The molecule has 120 valence electrons. The Morgan fingerprint density at radius 2 is 1.82 bits per heavy atom. The number of nitrogens with zero attached hydrogens (tertiary/aromatic N) is 2. The van der Waals surface area contributed by atoms with E-state index >= 15 is 0 Å². The average Bonchev–Trinajstić information content (AvgIpc) is 2.47. The van der Waals surface area contributed by atoms with E-state index in [1.807, 2.05) is 25.7 Å². The number of carbonyl (C=O) groups is 1. The van der Waals surface area contributed by atoms with Crippen molar-refractivity contribution in [2.24, 2.45) is 0 Å². The molecule has 1 amide bonds. The van der Waals surface area contributed by atoms with Gasteiger partial charge in [0.2, 0.25) is 0 Å². The number of benzene rings is 1. The first-order chi connectivity index (χ1) is 10.4. The molecule has 3 aliphatic rings. The summed E-state index contributed by atoms with van der Waals surface area (Å²) in [6, 6.07) is 11.3. The SMILES string of the molecule is CC(C)(C)OC(=O)N1CC2CCC1CN2Cc1ccccc1. The van der Waals surface area contributed by atoms with E-state index in [0.29, 0.717) is 12.1 Å². The Bertz CT molecular complexity index is 524.